The summed E-state index contributed by atoms with van der Waals surface area (Å²) < 4.78 is 5.60. The first kappa shape index (κ1) is 22.4. The van der Waals surface area contributed by atoms with Gasteiger partial charge in [-0.05, 0) is 41.5 Å². The van der Waals surface area contributed by atoms with Crippen LogP contribution in [0, 0.1) is 11.3 Å². The highest BCUT2D eigenvalue weighted by molar-refractivity contribution is 5.87. The molecule has 1 aliphatic heterocycles. The highest BCUT2D eigenvalue weighted by atomic mass is 16.5. The fourth-order valence-corrected chi connectivity index (χ4v) is 5.96. The molecule has 2 amide bonds. The summed E-state index contributed by atoms with van der Waals surface area (Å²) in [4.78, 5) is 39.2. The van der Waals surface area contributed by atoms with Crippen molar-refractivity contribution in [1.82, 2.24) is 10.2 Å². The predicted molar refractivity (Wildman–Crippen MR) is 126 cm³/mol. The number of fused-ring (bicyclic) bond motifs is 3. The van der Waals surface area contributed by atoms with Crippen molar-refractivity contribution in [3.8, 4) is 11.1 Å². The number of benzene rings is 2. The summed E-state index contributed by atoms with van der Waals surface area (Å²) in [5.74, 6) is -1.65. The Balaban J connectivity index is 1.22. The number of carbonyl (C=O) groups excluding carboxylic acids is 2. The Bertz CT molecular complexity index is 1080. The molecule has 2 aromatic rings. The van der Waals surface area contributed by atoms with Gasteiger partial charge in [0.05, 0.1) is 5.92 Å². The highest BCUT2D eigenvalue weighted by Crippen LogP contribution is 2.52. The number of hydrogen-bond acceptors (Lipinski definition) is 4. The van der Waals surface area contributed by atoms with Crippen molar-refractivity contribution in [2.24, 2.45) is 11.3 Å². The molecule has 1 saturated carbocycles. The normalized spacial score (nSPS) is 20.9. The molecule has 178 valence electrons. The summed E-state index contributed by atoms with van der Waals surface area (Å²) in [7, 11) is 0. The van der Waals surface area contributed by atoms with Crippen LogP contribution in [0.25, 0.3) is 11.1 Å². The van der Waals surface area contributed by atoms with Crippen molar-refractivity contribution in [3.63, 3.8) is 0 Å². The van der Waals surface area contributed by atoms with E-state index in [9.17, 15) is 19.5 Å². The number of carbonyl (C=O) groups is 3. The van der Waals surface area contributed by atoms with E-state index in [1.54, 1.807) is 4.90 Å². The monoisotopic (exact) mass is 462 g/mol. The lowest BCUT2D eigenvalue weighted by Gasteiger charge is -2.41. The Hall–Kier alpha value is -3.35. The molecule has 1 heterocycles. The van der Waals surface area contributed by atoms with Crippen LogP contribution in [-0.2, 0) is 14.3 Å². The summed E-state index contributed by atoms with van der Waals surface area (Å²) in [6, 6.07) is 15.5. The molecule has 2 aromatic carbocycles. The van der Waals surface area contributed by atoms with Gasteiger partial charge in [0.1, 0.15) is 12.6 Å². The number of likely N-dealkylation sites (tertiary alicyclic amines) is 1. The number of carboxylic acid groups (broad SMARTS) is 1. The maximum atomic E-state index is 13.2. The summed E-state index contributed by atoms with van der Waals surface area (Å²) >= 11 is 0. The van der Waals surface area contributed by atoms with Crippen LogP contribution < -0.4 is 5.32 Å². The average molecular weight is 463 g/mol. The first-order chi connectivity index (χ1) is 16.4. The van der Waals surface area contributed by atoms with Crippen LogP contribution in [-0.4, -0.2) is 53.7 Å². The molecule has 0 aromatic heterocycles. The smallest absolute Gasteiger partial charge is 0.407 e. The molecule has 34 heavy (non-hydrogen) atoms. The molecule has 3 aliphatic rings. The molecule has 2 atom stereocenters. The number of amides is 2. The lowest BCUT2D eigenvalue weighted by atomic mass is 9.63. The summed E-state index contributed by atoms with van der Waals surface area (Å²) in [6.07, 6.45) is 2.45. The largest absolute Gasteiger partial charge is 0.481 e. The van der Waals surface area contributed by atoms with Crippen LogP contribution >= 0.6 is 0 Å². The lowest BCUT2D eigenvalue weighted by Crippen LogP contribution is -2.48. The molecule has 0 radical (unpaired) electrons. The number of nitrogens with one attached hydrogen (secondary N) is 1. The fraction of sp³-hybridized carbons (Fsp3) is 0.444. The van der Waals surface area contributed by atoms with E-state index in [4.69, 9.17) is 4.74 Å². The zero-order valence-corrected chi connectivity index (χ0v) is 19.3. The maximum absolute atomic E-state index is 13.2. The van der Waals surface area contributed by atoms with Crippen LogP contribution in [0.5, 0.6) is 0 Å². The van der Waals surface area contributed by atoms with E-state index < -0.39 is 24.0 Å². The Kier molecular flexibility index (Phi) is 5.80. The molecule has 7 nitrogen and oxygen atoms in total. The molecule has 2 fully saturated rings. The Morgan fingerprint density at radius 3 is 2.21 bits per heavy atom. The number of carboxylic acids is 1. The van der Waals surface area contributed by atoms with Crippen LogP contribution in [0.1, 0.15) is 49.7 Å². The Morgan fingerprint density at radius 2 is 1.71 bits per heavy atom. The van der Waals surface area contributed by atoms with Crippen molar-refractivity contribution < 1.29 is 24.2 Å². The van der Waals surface area contributed by atoms with Gasteiger partial charge in [-0.25, -0.2) is 4.79 Å². The van der Waals surface area contributed by atoms with Gasteiger partial charge in [0, 0.05) is 24.4 Å². The second kappa shape index (κ2) is 8.78. The van der Waals surface area contributed by atoms with Gasteiger partial charge < -0.3 is 20.1 Å². The second-order valence-corrected chi connectivity index (χ2v) is 9.76. The van der Waals surface area contributed by atoms with E-state index in [1.807, 2.05) is 31.2 Å². The predicted octanol–water partition coefficient (Wildman–Crippen LogP) is 4.02. The van der Waals surface area contributed by atoms with Crippen LogP contribution in [0.15, 0.2) is 48.5 Å². The third-order valence-electron chi connectivity index (χ3n) is 7.95. The molecule has 1 unspecified atom stereocenters. The van der Waals surface area contributed by atoms with Crippen molar-refractivity contribution in [2.75, 3.05) is 19.7 Å². The number of ether oxygens (including phenoxy) is 1. The van der Waals surface area contributed by atoms with E-state index in [-0.39, 0.29) is 30.4 Å². The molecule has 5 rings (SSSR count). The number of alkyl carbamates (subject to hydrolysis) is 1. The van der Waals surface area contributed by atoms with Gasteiger partial charge in [0.25, 0.3) is 0 Å². The summed E-state index contributed by atoms with van der Waals surface area (Å²) in [5, 5.41) is 12.4. The SMILES string of the molecule is CC[C@@H](NC(=O)OCC1c2ccccc2-c2ccccc21)C(=O)N1CC(C(=O)O)C2(CCC2)C1. The topological polar surface area (TPSA) is 95.9 Å². The van der Waals surface area contributed by atoms with Gasteiger partial charge in [0.15, 0.2) is 0 Å². The van der Waals surface area contributed by atoms with Crippen molar-refractivity contribution in [2.45, 2.75) is 44.6 Å². The highest BCUT2D eigenvalue weighted by Gasteiger charge is 2.55. The van der Waals surface area contributed by atoms with Crippen molar-refractivity contribution in [1.29, 1.82) is 0 Å². The third-order valence-corrected chi connectivity index (χ3v) is 7.95. The molecule has 7 heteroatoms. The van der Waals surface area contributed by atoms with Crippen LogP contribution in [0.4, 0.5) is 4.79 Å². The number of nitrogens with zero attached hydrogens (tertiary/aromatic N) is 1. The van der Waals surface area contributed by atoms with Gasteiger partial charge in [-0.3, -0.25) is 9.59 Å². The fourth-order valence-electron chi connectivity index (χ4n) is 5.96. The van der Waals surface area contributed by atoms with Gasteiger partial charge in [-0.1, -0.05) is 61.9 Å². The quantitative estimate of drug-likeness (QED) is 0.676. The molecule has 1 spiro atoms. The Labute approximate surface area is 199 Å². The molecular formula is C27H30N2O5. The van der Waals surface area contributed by atoms with Crippen LogP contribution in [0.3, 0.4) is 0 Å². The van der Waals surface area contributed by atoms with E-state index in [1.165, 1.54) is 0 Å². The first-order valence-electron chi connectivity index (χ1n) is 12.1. The van der Waals surface area contributed by atoms with E-state index >= 15 is 0 Å². The third kappa shape index (κ3) is 3.73. The molecule has 2 N–H and O–H groups in total. The van der Waals surface area contributed by atoms with Crippen molar-refractivity contribution in [3.05, 3.63) is 59.7 Å². The second-order valence-electron chi connectivity index (χ2n) is 9.76. The minimum absolute atomic E-state index is 0.0534. The van der Waals surface area contributed by atoms with Gasteiger partial charge in [-0.2, -0.15) is 0 Å². The lowest BCUT2D eigenvalue weighted by molar-refractivity contribution is -0.146. The molecule has 0 bridgehead atoms. The zero-order valence-electron chi connectivity index (χ0n) is 19.3. The van der Waals surface area contributed by atoms with Gasteiger partial charge in [0.2, 0.25) is 5.91 Å². The summed E-state index contributed by atoms with van der Waals surface area (Å²) in [5.41, 5.74) is 4.26. The van der Waals surface area contributed by atoms with E-state index in [0.29, 0.717) is 13.0 Å². The maximum Gasteiger partial charge on any atom is 0.407 e. The standard InChI is InChI=1S/C27H30N2O5/c1-2-23(24(30)29-14-22(25(31)32)27(16-29)12-7-13-27)28-26(33)34-15-21-19-10-5-3-8-17(19)18-9-4-6-11-20(18)21/h3-6,8-11,21-23H,2,7,12-16H2,1H3,(H,28,33)(H,31,32)/t22?,23-/m1/s1. The molecule has 2 aliphatic carbocycles. The number of rotatable bonds is 6. The number of aliphatic carboxylic acids is 1. The minimum Gasteiger partial charge on any atom is -0.481 e. The van der Waals surface area contributed by atoms with E-state index in [0.717, 1.165) is 41.5 Å². The van der Waals surface area contributed by atoms with Crippen molar-refractivity contribution >= 4 is 18.0 Å². The zero-order chi connectivity index (χ0) is 23.9. The summed E-state index contributed by atoms with van der Waals surface area (Å²) in [6.45, 7) is 2.66. The average Bonchev–Trinajstić information content (AvgIpc) is 3.38. The van der Waals surface area contributed by atoms with Gasteiger partial charge >= 0.3 is 12.1 Å². The minimum atomic E-state index is -0.840. The van der Waals surface area contributed by atoms with Gasteiger partial charge in [-0.15, -0.1) is 0 Å². The van der Waals surface area contributed by atoms with E-state index in [2.05, 4.69) is 29.6 Å². The Morgan fingerprint density at radius 1 is 1.09 bits per heavy atom. The van der Waals surface area contributed by atoms with Crippen LogP contribution in [0.2, 0.25) is 0 Å². The number of hydrogen-bond donors (Lipinski definition) is 2. The first-order valence-corrected chi connectivity index (χ1v) is 12.1. The molecular weight excluding hydrogens is 432 g/mol. The molecule has 1 saturated heterocycles.